The fourth-order valence-corrected chi connectivity index (χ4v) is 1.65. The molecule has 0 aromatic heterocycles. The predicted molar refractivity (Wildman–Crippen MR) is 61.4 cm³/mol. The van der Waals surface area contributed by atoms with Gasteiger partial charge in [0, 0.05) is 18.2 Å². The van der Waals surface area contributed by atoms with Crippen LogP contribution in [-0.2, 0) is 6.54 Å². The van der Waals surface area contributed by atoms with Gasteiger partial charge < -0.3 is 19.5 Å². The van der Waals surface area contributed by atoms with Crippen molar-refractivity contribution in [2.75, 3.05) is 19.9 Å². The Kier molecular flexibility index (Phi) is 4.19. The van der Waals surface area contributed by atoms with Crippen LogP contribution in [0.5, 0.6) is 17.2 Å². The van der Waals surface area contributed by atoms with Crippen LogP contribution in [0.25, 0.3) is 0 Å². The molecular formula is C12H15F2NO3. The molecule has 1 N–H and O–H groups in total. The molecular weight excluding hydrogens is 244 g/mol. The van der Waals surface area contributed by atoms with Gasteiger partial charge in [-0.15, -0.1) is 0 Å². The summed E-state index contributed by atoms with van der Waals surface area (Å²) in [5, 5.41) is 3.12. The molecule has 0 aliphatic carbocycles. The summed E-state index contributed by atoms with van der Waals surface area (Å²) < 4.78 is 39.9. The highest BCUT2D eigenvalue weighted by molar-refractivity contribution is 5.51. The van der Waals surface area contributed by atoms with E-state index in [1.807, 2.05) is 6.92 Å². The van der Waals surface area contributed by atoms with Crippen LogP contribution in [0.2, 0.25) is 0 Å². The zero-order valence-corrected chi connectivity index (χ0v) is 10.0. The van der Waals surface area contributed by atoms with E-state index in [2.05, 4.69) is 5.32 Å². The molecule has 18 heavy (non-hydrogen) atoms. The Labute approximate surface area is 104 Å². The summed E-state index contributed by atoms with van der Waals surface area (Å²) >= 11 is 0. The van der Waals surface area contributed by atoms with Crippen molar-refractivity contribution >= 4 is 0 Å². The monoisotopic (exact) mass is 259 g/mol. The number of hydrogen-bond acceptors (Lipinski definition) is 4. The van der Waals surface area contributed by atoms with Gasteiger partial charge in [0.2, 0.25) is 6.79 Å². The van der Waals surface area contributed by atoms with E-state index >= 15 is 0 Å². The summed E-state index contributed by atoms with van der Waals surface area (Å²) in [6, 6.07) is 3.35. The van der Waals surface area contributed by atoms with Gasteiger partial charge in [-0.1, -0.05) is 6.92 Å². The summed E-state index contributed by atoms with van der Waals surface area (Å²) in [4.78, 5) is 0. The third-order valence-corrected chi connectivity index (χ3v) is 2.49. The molecule has 0 amide bonds. The lowest BCUT2D eigenvalue weighted by Crippen LogP contribution is -2.14. The Hall–Kier alpha value is -1.56. The molecule has 0 unspecified atom stereocenters. The second kappa shape index (κ2) is 5.86. The third-order valence-electron chi connectivity index (χ3n) is 2.49. The van der Waals surface area contributed by atoms with Crippen LogP contribution in [0.1, 0.15) is 12.5 Å². The first-order valence-electron chi connectivity index (χ1n) is 5.75. The van der Waals surface area contributed by atoms with Gasteiger partial charge in [-0.05, 0) is 12.6 Å². The number of alkyl halides is 2. The molecule has 1 aliphatic heterocycles. The molecule has 0 radical (unpaired) electrons. The van der Waals surface area contributed by atoms with Gasteiger partial charge >= 0.3 is 0 Å². The van der Waals surface area contributed by atoms with Crippen molar-refractivity contribution in [3.8, 4) is 17.2 Å². The van der Waals surface area contributed by atoms with Gasteiger partial charge in [-0.2, -0.15) is 0 Å². The fourth-order valence-electron chi connectivity index (χ4n) is 1.65. The number of benzene rings is 1. The molecule has 0 saturated heterocycles. The second-order valence-electron chi connectivity index (χ2n) is 3.80. The topological polar surface area (TPSA) is 39.7 Å². The SMILES string of the molecule is CCNCc1cc2c(cc1OCC(F)F)OCO2. The normalized spacial score (nSPS) is 13.1. The van der Waals surface area contributed by atoms with Crippen molar-refractivity contribution in [3.63, 3.8) is 0 Å². The van der Waals surface area contributed by atoms with E-state index in [9.17, 15) is 8.78 Å². The van der Waals surface area contributed by atoms with Gasteiger partial charge in [0.25, 0.3) is 6.43 Å². The zero-order chi connectivity index (χ0) is 13.0. The van der Waals surface area contributed by atoms with Crippen LogP contribution in [-0.4, -0.2) is 26.4 Å². The molecule has 1 aliphatic rings. The molecule has 0 spiro atoms. The first-order chi connectivity index (χ1) is 8.70. The maximum absolute atomic E-state index is 12.2. The van der Waals surface area contributed by atoms with E-state index < -0.39 is 13.0 Å². The summed E-state index contributed by atoms with van der Waals surface area (Å²) in [7, 11) is 0. The maximum Gasteiger partial charge on any atom is 0.272 e. The maximum atomic E-state index is 12.2. The Morgan fingerprint density at radius 3 is 2.72 bits per heavy atom. The number of fused-ring (bicyclic) bond motifs is 1. The molecule has 0 bridgehead atoms. The molecule has 1 aromatic rings. The first-order valence-corrected chi connectivity index (χ1v) is 5.75. The van der Waals surface area contributed by atoms with E-state index in [0.717, 1.165) is 12.1 Å². The fraction of sp³-hybridized carbons (Fsp3) is 0.500. The number of ether oxygens (including phenoxy) is 3. The largest absolute Gasteiger partial charge is 0.487 e. The molecule has 4 nitrogen and oxygen atoms in total. The average molecular weight is 259 g/mol. The van der Waals surface area contributed by atoms with Gasteiger partial charge in [0.15, 0.2) is 11.5 Å². The minimum atomic E-state index is -2.50. The smallest absolute Gasteiger partial charge is 0.272 e. The Bertz CT molecular complexity index is 413. The first kappa shape index (κ1) is 12.9. The molecule has 100 valence electrons. The zero-order valence-electron chi connectivity index (χ0n) is 10.0. The molecule has 2 rings (SSSR count). The molecule has 1 heterocycles. The van der Waals surface area contributed by atoms with Gasteiger partial charge in [-0.25, -0.2) is 8.78 Å². The van der Waals surface area contributed by atoms with E-state index in [1.54, 1.807) is 12.1 Å². The molecule has 0 fully saturated rings. The van der Waals surface area contributed by atoms with Crippen LogP contribution >= 0.6 is 0 Å². The molecule has 0 atom stereocenters. The minimum absolute atomic E-state index is 0.147. The van der Waals surface area contributed by atoms with E-state index in [4.69, 9.17) is 14.2 Å². The lowest BCUT2D eigenvalue weighted by atomic mass is 10.1. The molecule has 1 aromatic carbocycles. The number of rotatable bonds is 6. The Balaban J connectivity index is 2.17. The van der Waals surface area contributed by atoms with Crippen molar-refractivity contribution in [2.45, 2.75) is 19.9 Å². The standard InChI is InChI=1S/C12H15F2NO3/c1-2-15-5-8-3-10-11(18-7-17-10)4-9(8)16-6-12(13)14/h3-4,12,15H,2,5-7H2,1H3. The summed E-state index contributed by atoms with van der Waals surface area (Å²) in [5.74, 6) is 1.55. The van der Waals surface area contributed by atoms with Crippen LogP contribution in [0.4, 0.5) is 8.78 Å². The number of nitrogens with one attached hydrogen (secondary N) is 1. The van der Waals surface area contributed by atoms with Crippen LogP contribution < -0.4 is 19.5 Å². The quantitative estimate of drug-likeness (QED) is 0.850. The highest BCUT2D eigenvalue weighted by Gasteiger charge is 2.18. The van der Waals surface area contributed by atoms with Crippen LogP contribution in [0.15, 0.2) is 12.1 Å². The van der Waals surface area contributed by atoms with Crippen molar-refractivity contribution in [2.24, 2.45) is 0 Å². The van der Waals surface area contributed by atoms with Crippen molar-refractivity contribution in [3.05, 3.63) is 17.7 Å². The van der Waals surface area contributed by atoms with Gasteiger partial charge in [-0.3, -0.25) is 0 Å². The highest BCUT2D eigenvalue weighted by atomic mass is 19.3. The van der Waals surface area contributed by atoms with Gasteiger partial charge in [0.05, 0.1) is 0 Å². The number of halogens is 2. The molecule has 6 heteroatoms. The van der Waals surface area contributed by atoms with E-state index in [-0.39, 0.29) is 6.79 Å². The third kappa shape index (κ3) is 3.01. The van der Waals surface area contributed by atoms with Crippen LogP contribution in [0.3, 0.4) is 0 Å². The Morgan fingerprint density at radius 2 is 2.06 bits per heavy atom. The minimum Gasteiger partial charge on any atom is -0.487 e. The Morgan fingerprint density at radius 1 is 1.33 bits per heavy atom. The highest BCUT2D eigenvalue weighted by Crippen LogP contribution is 2.38. The average Bonchev–Trinajstić information content (AvgIpc) is 2.79. The lowest BCUT2D eigenvalue weighted by molar-refractivity contribution is 0.0812. The van der Waals surface area contributed by atoms with Crippen molar-refractivity contribution in [1.82, 2.24) is 5.32 Å². The van der Waals surface area contributed by atoms with E-state index in [0.29, 0.717) is 23.8 Å². The molecule has 0 saturated carbocycles. The van der Waals surface area contributed by atoms with Crippen molar-refractivity contribution < 1.29 is 23.0 Å². The summed E-state index contributed by atoms with van der Waals surface area (Å²) in [5.41, 5.74) is 0.779. The van der Waals surface area contributed by atoms with Crippen molar-refractivity contribution in [1.29, 1.82) is 0 Å². The second-order valence-corrected chi connectivity index (χ2v) is 3.80. The lowest BCUT2D eigenvalue weighted by Gasteiger charge is -2.12. The summed E-state index contributed by atoms with van der Waals surface area (Å²) in [6.07, 6.45) is -2.50. The number of hydrogen-bond donors (Lipinski definition) is 1. The van der Waals surface area contributed by atoms with Gasteiger partial charge in [0.1, 0.15) is 12.4 Å². The van der Waals surface area contributed by atoms with Crippen LogP contribution in [0, 0.1) is 0 Å². The van der Waals surface area contributed by atoms with E-state index in [1.165, 1.54) is 0 Å². The predicted octanol–water partition coefficient (Wildman–Crippen LogP) is 2.17. The summed E-state index contributed by atoms with van der Waals surface area (Å²) in [6.45, 7) is 2.80.